The van der Waals surface area contributed by atoms with Crippen LogP contribution in [0.1, 0.15) is 21.5 Å². The number of anilines is 2. The van der Waals surface area contributed by atoms with E-state index in [4.69, 9.17) is 9.90 Å². The Balaban J connectivity index is 0.000000616. The van der Waals surface area contributed by atoms with Gasteiger partial charge < -0.3 is 15.1 Å². The van der Waals surface area contributed by atoms with Gasteiger partial charge in [-0.25, -0.2) is 22.4 Å². The van der Waals surface area contributed by atoms with Crippen LogP contribution in [0.15, 0.2) is 108 Å². The summed E-state index contributed by atoms with van der Waals surface area (Å²) < 4.78 is 73.0. The average Bonchev–Trinajstić information content (AvgIpc) is 2.93. The average molecular weight is 605 g/mol. The van der Waals surface area contributed by atoms with E-state index in [1.54, 1.807) is 6.07 Å². The highest BCUT2D eigenvalue weighted by Crippen LogP contribution is 2.29. The molecule has 42 heavy (non-hydrogen) atoms. The van der Waals surface area contributed by atoms with Crippen molar-refractivity contribution in [2.24, 2.45) is 0 Å². The van der Waals surface area contributed by atoms with Crippen LogP contribution in [0.5, 0.6) is 0 Å². The zero-order chi connectivity index (χ0) is 30.9. The van der Waals surface area contributed by atoms with Crippen molar-refractivity contribution in [3.8, 4) is 0 Å². The molecule has 220 valence electrons. The van der Waals surface area contributed by atoms with Gasteiger partial charge in [0.25, 0.3) is 10.0 Å². The van der Waals surface area contributed by atoms with Crippen molar-refractivity contribution in [1.82, 2.24) is 0 Å². The highest BCUT2D eigenvalue weighted by molar-refractivity contribution is 7.92. The lowest BCUT2D eigenvalue weighted by Crippen LogP contribution is -2.24. The predicted molar refractivity (Wildman–Crippen MR) is 147 cm³/mol. The van der Waals surface area contributed by atoms with Gasteiger partial charge in [-0.05, 0) is 47.5 Å². The molecule has 0 spiro atoms. The topological polar surface area (TPSA) is 124 Å². The summed E-state index contributed by atoms with van der Waals surface area (Å²) in [7, 11) is -4.11. The highest BCUT2D eigenvalue weighted by Gasteiger charge is 2.38. The molecule has 0 aliphatic carbocycles. The van der Waals surface area contributed by atoms with Gasteiger partial charge >= 0.3 is 18.1 Å². The van der Waals surface area contributed by atoms with E-state index in [1.807, 2.05) is 65.6 Å². The number of rotatable bonds is 9. The number of alkyl halides is 3. The molecule has 0 amide bonds. The molecule has 0 atom stereocenters. The van der Waals surface area contributed by atoms with Crippen molar-refractivity contribution < 1.29 is 45.8 Å². The molecule has 8 nitrogen and oxygen atoms in total. The van der Waals surface area contributed by atoms with Gasteiger partial charge in [0.15, 0.2) is 0 Å². The molecule has 0 fully saturated rings. The van der Waals surface area contributed by atoms with Gasteiger partial charge in [0, 0.05) is 18.8 Å². The molecule has 0 heterocycles. The van der Waals surface area contributed by atoms with E-state index in [-0.39, 0.29) is 16.1 Å². The molecule has 4 aromatic rings. The van der Waals surface area contributed by atoms with Crippen LogP contribution in [0.25, 0.3) is 0 Å². The number of halogens is 4. The predicted octanol–water partition coefficient (Wildman–Crippen LogP) is 6.16. The lowest BCUT2D eigenvalue weighted by Gasteiger charge is -2.27. The Morgan fingerprint density at radius 3 is 1.74 bits per heavy atom. The minimum atomic E-state index is -5.08. The fraction of sp³-hybridized carbons (Fsp3) is 0.103. The SMILES string of the molecule is O=C(O)C(F)(F)F.O=C(O)c1cc(NS(=O)(=O)c2cccc(F)c2)ccc1N(Cc1ccccc1)Cc1ccccc1. The van der Waals surface area contributed by atoms with Crippen molar-refractivity contribution in [2.75, 3.05) is 9.62 Å². The van der Waals surface area contributed by atoms with E-state index in [2.05, 4.69) is 4.72 Å². The number of carboxylic acids is 2. The molecule has 0 radical (unpaired) electrons. The third kappa shape index (κ3) is 9.06. The first-order valence-corrected chi connectivity index (χ1v) is 13.5. The molecule has 0 saturated carbocycles. The number of aromatic carboxylic acids is 1. The van der Waals surface area contributed by atoms with Gasteiger partial charge in [-0.1, -0.05) is 66.7 Å². The molecule has 0 aliphatic heterocycles. The van der Waals surface area contributed by atoms with E-state index in [0.29, 0.717) is 18.8 Å². The second-order valence-corrected chi connectivity index (χ2v) is 10.4. The molecule has 0 aliphatic rings. The van der Waals surface area contributed by atoms with E-state index in [0.717, 1.165) is 23.3 Å². The standard InChI is InChI=1S/C27H23FN2O4S.C2HF3O2/c28-22-12-7-13-24(16-22)35(33,34)29-23-14-15-26(25(17-23)27(31)32)30(18-20-8-3-1-4-9-20)19-21-10-5-2-6-11-21;3-2(4,5)1(6)7/h1-17,29H,18-19H2,(H,31,32);(H,6,7). The fourth-order valence-electron chi connectivity index (χ4n) is 3.73. The Morgan fingerprint density at radius 1 is 0.762 bits per heavy atom. The Labute approximate surface area is 238 Å². The minimum Gasteiger partial charge on any atom is -0.478 e. The smallest absolute Gasteiger partial charge is 0.478 e. The Morgan fingerprint density at radius 2 is 1.29 bits per heavy atom. The van der Waals surface area contributed by atoms with Gasteiger partial charge in [0.05, 0.1) is 16.1 Å². The number of nitrogens with one attached hydrogen (secondary N) is 1. The summed E-state index contributed by atoms with van der Waals surface area (Å²) in [4.78, 5) is 22.8. The van der Waals surface area contributed by atoms with Crippen molar-refractivity contribution in [3.63, 3.8) is 0 Å². The van der Waals surface area contributed by atoms with Crippen LogP contribution in [-0.2, 0) is 27.9 Å². The zero-order valence-corrected chi connectivity index (χ0v) is 22.4. The van der Waals surface area contributed by atoms with Gasteiger partial charge in [-0.2, -0.15) is 13.2 Å². The first-order valence-electron chi connectivity index (χ1n) is 12.0. The van der Waals surface area contributed by atoms with Crippen molar-refractivity contribution in [1.29, 1.82) is 0 Å². The van der Waals surface area contributed by atoms with Crippen LogP contribution in [0.4, 0.5) is 28.9 Å². The molecule has 0 aromatic heterocycles. The maximum Gasteiger partial charge on any atom is 0.490 e. The van der Waals surface area contributed by atoms with E-state index >= 15 is 0 Å². The number of sulfonamides is 1. The number of nitrogens with zero attached hydrogens (tertiary/aromatic N) is 1. The van der Waals surface area contributed by atoms with Crippen LogP contribution in [0.2, 0.25) is 0 Å². The molecule has 4 aromatic carbocycles. The third-order valence-electron chi connectivity index (χ3n) is 5.60. The van der Waals surface area contributed by atoms with Gasteiger partial charge in [0.1, 0.15) is 5.82 Å². The number of carbonyl (C=O) groups is 2. The second kappa shape index (κ2) is 13.6. The molecular formula is C29H24F4N2O6S. The summed E-state index contributed by atoms with van der Waals surface area (Å²) in [5.41, 5.74) is 2.44. The van der Waals surface area contributed by atoms with Crippen LogP contribution in [0.3, 0.4) is 0 Å². The zero-order valence-electron chi connectivity index (χ0n) is 21.6. The summed E-state index contributed by atoms with van der Waals surface area (Å²) in [6, 6.07) is 28.3. The number of hydrogen-bond acceptors (Lipinski definition) is 5. The normalized spacial score (nSPS) is 11.1. The number of aliphatic carboxylic acids is 1. The lowest BCUT2D eigenvalue weighted by molar-refractivity contribution is -0.192. The largest absolute Gasteiger partial charge is 0.490 e. The number of hydrogen-bond donors (Lipinski definition) is 3. The molecular weight excluding hydrogens is 580 g/mol. The number of carboxylic acid groups (broad SMARTS) is 2. The summed E-state index contributed by atoms with van der Waals surface area (Å²) in [5.74, 6) is -4.64. The molecule has 4 rings (SSSR count). The van der Waals surface area contributed by atoms with Crippen LogP contribution >= 0.6 is 0 Å². The number of benzene rings is 4. The van der Waals surface area contributed by atoms with Crippen molar-refractivity contribution in [2.45, 2.75) is 24.2 Å². The molecule has 13 heteroatoms. The quantitative estimate of drug-likeness (QED) is 0.195. The van der Waals surface area contributed by atoms with Crippen LogP contribution in [-0.4, -0.2) is 36.7 Å². The second-order valence-electron chi connectivity index (χ2n) is 8.73. The minimum absolute atomic E-state index is 0.0590. The molecule has 3 N–H and O–H groups in total. The van der Waals surface area contributed by atoms with E-state index in [1.165, 1.54) is 24.3 Å². The first-order chi connectivity index (χ1) is 19.8. The summed E-state index contributed by atoms with van der Waals surface area (Å²) >= 11 is 0. The van der Waals surface area contributed by atoms with Crippen molar-refractivity contribution in [3.05, 3.63) is 126 Å². The lowest BCUT2D eigenvalue weighted by atomic mass is 10.1. The Kier molecular flexibility index (Phi) is 10.3. The Hall–Kier alpha value is -4.91. The van der Waals surface area contributed by atoms with Gasteiger partial charge in [-0.3, -0.25) is 4.72 Å². The maximum atomic E-state index is 13.5. The summed E-state index contributed by atoms with van der Waals surface area (Å²) in [6.45, 7) is 0.898. The summed E-state index contributed by atoms with van der Waals surface area (Å²) in [5, 5.41) is 17.1. The molecule has 0 unspecified atom stereocenters. The van der Waals surface area contributed by atoms with Crippen molar-refractivity contribution >= 4 is 33.3 Å². The fourth-order valence-corrected chi connectivity index (χ4v) is 4.81. The first kappa shape index (κ1) is 31.6. The maximum absolute atomic E-state index is 13.5. The van der Waals surface area contributed by atoms with Gasteiger partial charge in [-0.15, -0.1) is 0 Å². The van der Waals surface area contributed by atoms with Crippen LogP contribution < -0.4 is 9.62 Å². The van der Waals surface area contributed by atoms with Crippen LogP contribution in [0, 0.1) is 5.82 Å². The molecule has 0 bridgehead atoms. The third-order valence-corrected chi connectivity index (χ3v) is 6.98. The highest BCUT2D eigenvalue weighted by atomic mass is 32.2. The monoisotopic (exact) mass is 604 g/mol. The Bertz CT molecular complexity index is 1590. The van der Waals surface area contributed by atoms with Gasteiger partial charge in [0.2, 0.25) is 0 Å². The van der Waals surface area contributed by atoms with E-state index in [9.17, 15) is 35.9 Å². The van der Waals surface area contributed by atoms with E-state index < -0.39 is 34.0 Å². The summed E-state index contributed by atoms with van der Waals surface area (Å²) in [6.07, 6.45) is -5.08. The molecule has 0 saturated heterocycles.